The number of hydrogen-bond acceptors (Lipinski definition) is 3. The lowest BCUT2D eigenvalue weighted by molar-refractivity contribution is -0.138. The third kappa shape index (κ3) is 4.08. The van der Waals surface area contributed by atoms with Gasteiger partial charge in [0.05, 0.1) is 11.6 Å². The predicted octanol–water partition coefficient (Wildman–Crippen LogP) is 4.32. The third-order valence-corrected chi connectivity index (χ3v) is 4.87. The molecule has 1 N–H and O–H groups in total. The van der Waals surface area contributed by atoms with E-state index in [1.54, 1.807) is 0 Å². The SMILES string of the molecule is Cl.Fc1ccc(C(F)(F)F)c([C@H](c2cccs2)N2CCNCC2)c1. The highest BCUT2D eigenvalue weighted by molar-refractivity contribution is 7.10. The van der Waals surface area contributed by atoms with Crippen LogP contribution in [0.5, 0.6) is 0 Å². The molecule has 0 saturated carbocycles. The summed E-state index contributed by atoms with van der Waals surface area (Å²) in [6.45, 7) is 2.66. The summed E-state index contributed by atoms with van der Waals surface area (Å²) >= 11 is 1.39. The van der Waals surface area contributed by atoms with Crippen molar-refractivity contribution in [1.29, 1.82) is 0 Å². The first-order valence-corrected chi connectivity index (χ1v) is 8.19. The zero-order valence-electron chi connectivity index (χ0n) is 12.6. The Morgan fingerprint density at radius 3 is 2.42 bits per heavy atom. The monoisotopic (exact) mass is 380 g/mol. The first-order chi connectivity index (χ1) is 11.0. The lowest BCUT2D eigenvalue weighted by atomic mass is 9.96. The highest BCUT2D eigenvalue weighted by Crippen LogP contribution is 2.40. The molecule has 3 rings (SSSR count). The minimum Gasteiger partial charge on any atom is -0.314 e. The summed E-state index contributed by atoms with van der Waals surface area (Å²) in [5.74, 6) is -0.648. The van der Waals surface area contributed by atoms with Crippen molar-refractivity contribution in [2.24, 2.45) is 0 Å². The predicted molar refractivity (Wildman–Crippen MR) is 89.3 cm³/mol. The normalized spacial score (nSPS) is 17.3. The van der Waals surface area contributed by atoms with E-state index in [9.17, 15) is 17.6 Å². The van der Waals surface area contributed by atoms with Crippen LogP contribution in [0.4, 0.5) is 17.6 Å². The van der Waals surface area contributed by atoms with Crippen molar-refractivity contribution in [3.05, 3.63) is 57.5 Å². The van der Waals surface area contributed by atoms with Gasteiger partial charge in [-0.2, -0.15) is 13.2 Å². The zero-order chi connectivity index (χ0) is 16.4. The van der Waals surface area contributed by atoms with E-state index >= 15 is 0 Å². The Hall–Kier alpha value is -1.15. The van der Waals surface area contributed by atoms with Gasteiger partial charge >= 0.3 is 6.18 Å². The molecular weight excluding hydrogens is 364 g/mol. The van der Waals surface area contributed by atoms with E-state index in [0.29, 0.717) is 26.2 Å². The maximum Gasteiger partial charge on any atom is 0.416 e. The number of hydrogen-bond donors (Lipinski definition) is 1. The summed E-state index contributed by atoms with van der Waals surface area (Å²) in [6.07, 6.45) is -4.51. The third-order valence-electron chi connectivity index (χ3n) is 3.94. The fraction of sp³-hybridized carbons (Fsp3) is 0.375. The molecule has 0 radical (unpaired) electrons. The molecule has 2 nitrogen and oxygen atoms in total. The summed E-state index contributed by atoms with van der Waals surface area (Å²) in [5, 5.41) is 5.02. The number of thiophene rings is 1. The topological polar surface area (TPSA) is 15.3 Å². The number of piperazine rings is 1. The molecule has 1 saturated heterocycles. The van der Waals surface area contributed by atoms with Crippen LogP contribution in [0, 0.1) is 5.82 Å². The second kappa shape index (κ2) is 7.82. The number of benzene rings is 1. The Balaban J connectivity index is 0.00000208. The number of rotatable bonds is 3. The van der Waals surface area contributed by atoms with Crippen LogP contribution in [0.2, 0.25) is 0 Å². The summed E-state index contributed by atoms with van der Waals surface area (Å²) in [6, 6.07) is 5.77. The zero-order valence-corrected chi connectivity index (χ0v) is 14.3. The van der Waals surface area contributed by atoms with Crippen molar-refractivity contribution in [2.75, 3.05) is 26.2 Å². The van der Waals surface area contributed by atoms with Crippen LogP contribution in [0.25, 0.3) is 0 Å². The lowest BCUT2D eigenvalue weighted by Crippen LogP contribution is -2.45. The fourth-order valence-electron chi connectivity index (χ4n) is 2.94. The molecule has 1 aromatic heterocycles. The van der Waals surface area contributed by atoms with Crippen LogP contribution in [-0.4, -0.2) is 31.1 Å². The summed E-state index contributed by atoms with van der Waals surface area (Å²) in [4.78, 5) is 2.77. The molecule has 0 aliphatic carbocycles. The second-order valence-electron chi connectivity index (χ2n) is 5.43. The van der Waals surface area contributed by atoms with E-state index in [1.807, 2.05) is 22.4 Å². The Kier molecular flexibility index (Phi) is 6.25. The van der Waals surface area contributed by atoms with Gasteiger partial charge in [-0.05, 0) is 35.2 Å². The van der Waals surface area contributed by atoms with E-state index in [1.165, 1.54) is 11.3 Å². The van der Waals surface area contributed by atoms with Crippen LogP contribution >= 0.6 is 23.7 Å². The quantitative estimate of drug-likeness (QED) is 0.798. The maximum absolute atomic E-state index is 13.7. The molecule has 24 heavy (non-hydrogen) atoms. The van der Waals surface area contributed by atoms with Crippen molar-refractivity contribution < 1.29 is 17.6 Å². The Labute approximate surface area is 147 Å². The van der Waals surface area contributed by atoms with Gasteiger partial charge in [0.25, 0.3) is 0 Å². The van der Waals surface area contributed by atoms with E-state index < -0.39 is 23.6 Å². The summed E-state index contributed by atoms with van der Waals surface area (Å²) in [7, 11) is 0. The molecule has 2 heterocycles. The number of halogens is 5. The van der Waals surface area contributed by atoms with E-state index in [-0.39, 0.29) is 18.0 Å². The van der Waals surface area contributed by atoms with E-state index in [4.69, 9.17) is 0 Å². The Morgan fingerprint density at radius 1 is 1.12 bits per heavy atom. The van der Waals surface area contributed by atoms with Gasteiger partial charge in [0.1, 0.15) is 5.82 Å². The standard InChI is InChI=1S/C16H16F4N2S.ClH/c17-11-3-4-13(16(18,19)20)12(10-11)15(14-2-1-9-23-14)22-7-5-21-6-8-22;/h1-4,9-10,15,21H,5-8H2;1H/t15-;/m1./s1. The molecule has 132 valence electrons. The van der Waals surface area contributed by atoms with Crippen LogP contribution in [-0.2, 0) is 6.18 Å². The second-order valence-corrected chi connectivity index (χ2v) is 6.41. The average molecular weight is 381 g/mol. The van der Waals surface area contributed by atoms with E-state index in [2.05, 4.69) is 5.32 Å². The highest BCUT2D eigenvalue weighted by atomic mass is 35.5. The van der Waals surface area contributed by atoms with Crippen LogP contribution < -0.4 is 5.32 Å². The van der Waals surface area contributed by atoms with Crippen LogP contribution in [0.15, 0.2) is 35.7 Å². The Morgan fingerprint density at radius 2 is 1.83 bits per heavy atom. The van der Waals surface area contributed by atoms with Crippen molar-refractivity contribution in [1.82, 2.24) is 10.2 Å². The molecule has 0 amide bonds. The highest BCUT2D eigenvalue weighted by Gasteiger charge is 2.37. The van der Waals surface area contributed by atoms with Gasteiger partial charge in [0, 0.05) is 31.1 Å². The number of nitrogens with one attached hydrogen (secondary N) is 1. The maximum atomic E-state index is 13.7. The van der Waals surface area contributed by atoms with Gasteiger partial charge in [-0.15, -0.1) is 23.7 Å². The molecule has 1 aliphatic heterocycles. The van der Waals surface area contributed by atoms with Crippen molar-refractivity contribution in [3.8, 4) is 0 Å². The molecule has 1 aliphatic rings. The van der Waals surface area contributed by atoms with Gasteiger partial charge < -0.3 is 5.32 Å². The largest absolute Gasteiger partial charge is 0.416 e. The molecule has 0 spiro atoms. The summed E-state index contributed by atoms with van der Waals surface area (Å²) in [5.41, 5.74) is -0.780. The molecule has 1 aromatic carbocycles. The van der Waals surface area contributed by atoms with Crippen molar-refractivity contribution in [3.63, 3.8) is 0 Å². The molecule has 2 aromatic rings. The van der Waals surface area contributed by atoms with Gasteiger partial charge in [-0.3, -0.25) is 4.90 Å². The van der Waals surface area contributed by atoms with Crippen molar-refractivity contribution in [2.45, 2.75) is 12.2 Å². The first kappa shape index (κ1) is 19.2. The van der Waals surface area contributed by atoms with Gasteiger partial charge in [-0.1, -0.05) is 6.07 Å². The van der Waals surface area contributed by atoms with Gasteiger partial charge in [-0.25, -0.2) is 4.39 Å². The van der Waals surface area contributed by atoms with Crippen molar-refractivity contribution >= 4 is 23.7 Å². The molecule has 8 heteroatoms. The molecule has 0 bridgehead atoms. The number of alkyl halides is 3. The van der Waals surface area contributed by atoms with E-state index in [0.717, 1.165) is 23.1 Å². The summed E-state index contributed by atoms with van der Waals surface area (Å²) < 4.78 is 53.9. The van der Waals surface area contributed by atoms with Crippen LogP contribution in [0.3, 0.4) is 0 Å². The fourth-order valence-corrected chi connectivity index (χ4v) is 3.81. The lowest BCUT2D eigenvalue weighted by Gasteiger charge is -2.35. The molecule has 0 unspecified atom stereocenters. The molecular formula is C16H17ClF4N2S. The van der Waals surface area contributed by atoms with Crippen LogP contribution in [0.1, 0.15) is 22.0 Å². The molecule has 1 atom stereocenters. The first-order valence-electron chi connectivity index (χ1n) is 7.31. The average Bonchev–Trinajstić information content (AvgIpc) is 3.01. The smallest absolute Gasteiger partial charge is 0.314 e. The molecule has 1 fully saturated rings. The van der Waals surface area contributed by atoms with Gasteiger partial charge in [0.15, 0.2) is 0 Å². The van der Waals surface area contributed by atoms with Gasteiger partial charge in [0.2, 0.25) is 0 Å². The number of nitrogens with zero attached hydrogens (tertiary/aromatic N) is 1. The Bertz CT molecular complexity index is 655. The minimum absolute atomic E-state index is 0. The minimum atomic E-state index is -4.51.